The molecule has 0 fully saturated rings. The largest absolute Gasteiger partial charge is 0.478 e. The zero-order valence-corrected chi connectivity index (χ0v) is 13.4. The molecular formula is C16H24O4S. The van der Waals surface area contributed by atoms with Gasteiger partial charge in [-0.3, -0.25) is 0 Å². The van der Waals surface area contributed by atoms with Gasteiger partial charge in [-0.05, 0) is 35.8 Å². The summed E-state index contributed by atoms with van der Waals surface area (Å²) in [6, 6.07) is 6.94. The summed E-state index contributed by atoms with van der Waals surface area (Å²) in [5.41, 5.74) is 0.990. The monoisotopic (exact) mass is 312 g/mol. The predicted octanol–water partition coefficient (Wildman–Crippen LogP) is 2.60. The summed E-state index contributed by atoms with van der Waals surface area (Å²) in [6.45, 7) is 4.05. The number of carbonyl (C=O) groups is 1. The minimum atomic E-state index is -0.915. The van der Waals surface area contributed by atoms with Crippen LogP contribution in [0.2, 0.25) is 0 Å². The van der Waals surface area contributed by atoms with Gasteiger partial charge in [-0.25, -0.2) is 4.79 Å². The summed E-state index contributed by atoms with van der Waals surface area (Å²) < 4.78 is 0. The maximum absolute atomic E-state index is 10.8. The van der Waals surface area contributed by atoms with E-state index in [2.05, 4.69) is 6.92 Å². The first-order valence-electron chi connectivity index (χ1n) is 7.10. The van der Waals surface area contributed by atoms with Crippen LogP contribution in [0.15, 0.2) is 24.3 Å². The highest BCUT2D eigenvalue weighted by molar-refractivity contribution is 7.99. The van der Waals surface area contributed by atoms with Crippen LogP contribution in [0.3, 0.4) is 0 Å². The standard InChI is InChI=1S/C16H24O4S/c1-3-16(9-17,10-18)11-21-8-12(2)13-4-6-14(7-5-13)15(19)20/h4-7,12,17-18H,3,8-11H2,1-2H3,(H,19,20). The van der Waals surface area contributed by atoms with Gasteiger partial charge in [-0.2, -0.15) is 11.8 Å². The number of thioether (sulfide) groups is 1. The van der Waals surface area contributed by atoms with E-state index >= 15 is 0 Å². The summed E-state index contributed by atoms with van der Waals surface area (Å²) in [6.07, 6.45) is 0.745. The van der Waals surface area contributed by atoms with E-state index in [0.29, 0.717) is 17.2 Å². The molecule has 0 amide bonds. The number of aliphatic hydroxyl groups is 2. The third-order valence-electron chi connectivity index (χ3n) is 3.92. The Morgan fingerprint density at radius 3 is 2.24 bits per heavy atom. The molecular weight excluding hydrogens is 288 g/mol. The number of aromatic carboxylic acids is 1. The molecule has 0 saturated heterocycles. The van der Waals surface area contributed by atoms with E-state index in [1.807, 2.05) is 19.1 Å². The van der Waals surface area contributed by atoms with Crippen molar-refractivity contribution >= 4 is 17.7 Å². The normalized spacial score (nSPS) is 13.1. The molecule has 0 spiro atoms. The third-order valence-corrected chi connectivity index (χ3v) is 5.48. The van der Waals surface area contributed by atoms with Crippen LogP contribution >= 0.6 is 11.8 Å². The molecule has 0 aliphatic carbocycles. The highest BCUT2D eigenvalue weighted by Crippen LogP contribution is 2.29. The van der Waals surface area contributed by atoms with Crippen molar-refractivity contribution in [1.29, 1.82) is 0 Å². The molecule has 0 aliphatic rings. The quantitative estimate of drug-likeness (QED) is 0.653. The van der Waals surface area contributed by atoms with E-state index in [-0.39, 0.29) is 13.2 Å². The number of carboxylic acid groups (broad SMARTS) is 1. The second-order valence-electron chi connectivity index (χ2n) is 5.51. The lowest BCUT2D eigenvalue weighted by Gasteiger charge is -2.28. The summed E-state index contributed by atoms with van der Waals surface area (Å²) >= 11 is 1.71. The number of hydrogen-bond acceptors (Lipinski definition) is 4. The van der Waals surface area contributed by atoms with Crippen LogP contribution in [0.5, 0.6) is 0 Å². The number of carboxylic acids is 1. The minimum Gasteiger partial charge on any atom is -0.478 e. The topological polar surface area (TPSA) is 77.8 Å². The molecule has 1 unspecified atom stereocenters. The van der Waals surface area contributed by atoms with Crippen molar-refractivity contribution in [2.24, 2.45) is 5.41 Å². The second-order valence-corrected chi connectivity index (χ2v) is 6.54. The van der Waals surface area contributed by atoms with Gasteiger partial charge < -0.3 is 15.3 Å². The van der Waals surface area contributed by atoms with Crippen molar-refractivity contribution in [2.45, 2.75) is 26.2 Å². The Balaban J connectivity index is 2.53. The van der Waals surface area contributed by atoms with Crippen molar-refractivity contribution in [2.75, 3.05) is 24.7 Å². The van der Waals surface area contributed by atoms with Crippen molar-refractivity contribution in [3.8, 4) is 0 Å². The highest BCUT2D eigenvalue weighted by atomic mass is 32.2. The van der Waals surface area contributed by atoms with Gasteiger partial charge in [0.1, 0.15) is 0 Å². The molecule has 1 rings (SSSR count). The molecule has 0 saturated carbocycles. The van der Waals surface area contributed by atoms with E-state index < -0.39 is 11.4 Å². The molecule has 3 N–H and O–H groups in total. The highest BCUT2D eigenvalue weighted by Gasteiger charge is 2.26. The first kappa shape index (κ1) is 18.0. The number of benzene rings is 1. The van der Waals surface area contributed by atoms with Crippen LogP contribution in [0.1, 0.15) is 42.1 Å². The Bertz CT molecular complexity index is 432. The van der Waals surface area contributed by atoms with Crippen molar-refractivity contribution in [3.05, 3.63) is 35.4 Å². The summed E-state index contributed by atoms with van der Waals surface area (Å²) in [5.74, 6) is 0.967. The van der Waals surface area contributed by atoms with E-state index in [1.54, 1.807) is 23.9 Å². The average Bonchev–Trinajstić information content (AvgIpc) is 2.52. The third kappa shape index (κ3) is 5.02. The first-order valence-corrected chi connectivity index (χ1v) is 8.26. The fourth-order valence-electron chi connectivity index (χ4n) is 1.97. The van der Waals surface area contributed by atoms with Gasteiger partial charge in [0.05, 0.1) is 18.8 Å². The molecule has 1 atom stereocenters. The predicted molar refractivity (Wildman–Crippen MR) is 86.0 cm³/mol. The summed E-state index contributed by atoms with van der Waals surface area (Å²) in [4.78, 5) is 10.8. The van der Waals surface area contributed by atoms with E-state index in [4.69, 9.17) is 5.11 Å². The first-order chi connectivity index (χ1) is 9.98. The lowest BCUT2D eigenvalue weighted by atomic mass is 9.90. The molecule has 21 heavy (non-hydrogen) atoms. The van der Waals surface area contributed by atoms with E-state index in [9.17, 15) is 15.0 Å². The minimum absolute atomic E-state index is 0.00527. The molecule has 0 bridgehead atoms. The van der Waals surface area contributed by atoms with E-state index in [0.717, 1.165) is 17.7 Å². The molecule has 1 aromatic rings. The lowest BCUT2D eigenvalue weighted by Crippen LogP contribution is -2.32. The second kappa shape index (κ2) is 8.41. The SMILES string of the molecule is CCC(CO)(CO)CSCC(C)c1ccc(C(=O)O)cc1. The summed E-state index contributed by atoms with van der Waals surface area (Å²) in [7, 11) is 0. The fourth-order valence-corrected chi connectivity index (χ4v) is 3.45. The van der Waals surface area contributed by atoms with Crippen LogP contribution in [-0.4, -0.2) is 46.0 Å². The van der Waals surface area contributed by atoms with Gasteiger partial charge in [0.2, 0.25) is 0 Å². The smallest absolute Gasteiger partial charge is 0.335 e. The van der Waals surface area contributed by atoms with Gasteiger partial charge in [0.25, 0.3) is 0 Å². The number of hydrogen-bond donors (Lipinski definition) is 3. The molecule has 0 heterocycles. The van der Waals surface area contributed by atoms with Crippen molar-refractivity contribution < 1.29 is 20.1 Å². The summed E-state index contributed by atoms with van der Waals surface area (Å²) in [5, 5.41) is 27.7. The zero-order valence-electron chi connectivity index (χ0n) is 12.6. The zero-order chi connectivity index (χ0) is 15.9. The van der Waals surface area contributed by atoms with Gasteiger partial charge in [-0.1, -0.05) is 26.0 Å². The Labute approximate surface area is 130 Å². The van der Waals surface area contributed by atoms with Crippen LogP contribution in [0.25, 0.3) is 0 Å². The van der Waals surface area contributed by atoms with Crippen LogP contribution in [-0.2, 0) is 0 Å². The van der Waals surface area contributed by atoms with Crippen LogP contribution in [0, 0.1) is 5.41 Å². The Morgan fingerprint density at radius 2 is 1.81 bits per heavy atom. The maximum atomic E-state index is 10.8. The lowest BCUT2D eigenvalue weighted by molar-refractivity contribution is 0.0696. The number of aliphatic hydroxyl groups excluding tert-OH is 2. The average molecular weight is 312 g/mol. The molecule has 5 heteroatoms. The fraction of sp³-hybridized carbons (Fsp3) is 0.562. The van der Waals surface area contributed by atoms with Gasteiger partial charge in [0.15, 0.2) is 0 Å². The van der Waals surface area contributed by atoms with Crippen molar-refractivity contribution in [1.82, 2.24) is 0 Å². The molecule has 1 aromatic carbocycles. The van der Waals surface area contributed by atoms with Gasteiger partial charge in [-0.15, -0.1) is 0 Å². The number of rotatable bonds is 9. The molecule has 118 valence electrons. The Morgan fingerprint density at radius 1 is 1.24 bits per heavy atom. The van der Waals surface area contributed by atoms with Crippen LogP contribution in [0.4, 0.5) is 0 Å². The Hall–Kier alpha value is -1.04. The van der Waals surface area contributed by atoms with Gasteiger partial charge in [0, 0.05) is 11.2 Å². The Kier molecular flexibility index (Phi) is 7.22. The van der Waals surface area contributed by atoms with E-state index in [1.165, 1.54) is 0 Å². The van der Waals surface area contributed by atoms with Gasteiger partial charge >= 0.3 is 5.97 Å². The molecule has 0 aliphatic heterocycles. The maximum Gasteiger partial charge on any atom is 0.335 e. The molecule has 4 nitrogen and oxygen atoms in total. The molecule has 0 radical (unpaired) electrons. The van der Waals surface area contributed by atoms with Crippen LogP contribution < -0.4 is 0 Å². The van der Waals surface area contributed by atoms with Crippen molar-refractivity contribution in [3.63, 3.8) is 0 Å². The molecule has 0 aromatic heterocycles.